The van der Waals surface area contributed by atoms with Gasteiger partial charge in [0.1, 0.15) is 12.2 Å². The monoisotopic (exact) mass is 266 g/mol. The number of carbonyl (C=O) groups excluding carboxylic acids is 1. The van der Waals surface area contributed by atoms with Crippen molar-refractivity contribution >= 4 is 17.6 Å². The van der Waals surface area contributed by atoms with Crippen molar-refractivity contribution in [1.29, 1.82) is 0 Å². The van der Waals surface area contributed by atoms with Crippen molar-refractivity contribution < 1.29 is 19.1 Å². The molecule has 1 amide bonds. The molecule has 1 aromatic carbocycles. The molecule has 0 bridgehead atoms. The number of nitrogens with zero attached hydrogens (tertiary/aromatic N) is 2. The summed E-state index contributed by atoms with van der Waals surface area (Å²) in [6.45, 7) is 2.22. The van der Waals surface area contributed by atoms with Gasteiger partial charge in [-0.1, -0.05) is 0 Å². The number of carbonyl (C=O) groups is 2. The standard InChI is InChI=1S/C13H15FN2O3/c14-10-1-3-11(4-2-10)15-5-7-16(8-6-15)12(17)9-13(18)19/h1-4H,5-9H2,(H,18,19). The number of carboxylic acid groups (broad SMARTS) is 1. The molecule has 1 fully saturated rings. The molecule has 0 spiro atoms. The van der Waals surface area contributed by atoms with Crippen molar-refractivity contribution in [3.8, 4) is 0 Å². The molecule has 19 heavy (non-hydrogen) atoms. The molecule has 102 valence electrons. The van der Waals surface area contributed by atoms with Gasteiger partial charge in [-0.3, -0.25) is 9.59 Å². The highest BCUT2D eigenvalue weighted by Crippen LogP contribution is 2.17. The number of halogens is 1. The highest BCUT2D eigenvalue weighted by atomic mass is 19.1. The first-order chi connectivity index (χ1) is 9.06. The lowest BCUT2D eigenvalue weighted by molar-refractivity contribution is -0.144. The first-order valence-electron chi connectivity index (χ1n) is 6.06. The van der Waals surface area contributed by atoms with Crippen LogP contribution in [0.2, 0.25) is 0 Å². The van der Waals surface area contributed by atoms with E-state index in [0.717, 1.165) is 5.69 Å². The zero-order valence-corrected chi connectivity index (χ0v) is 10.4. The maximum absolute atomic E-state index is 12.8. The maximum Gasteiger partial charge on any atom is 0.312 e. The number of piperazine rings is 1. The highest BCUT2D eigenvalue weighted by molar-refractivity contribution is 5.93. The van der Waals surface area contributed by atoms with Crippen LogP contribution < -0.4 is 4.90 Å². The molecule has 1 aromatic rings. The summed E-state index contributed by atoms with van der Waals surface area (Å²) in [4.78, 5) is 25.6. The molecule has 6 heteroatoms. The van der Waals surface area contributed by atoms with Gasteiger partial charge in [-0.05, 0) is 24.3 Å². The number of amides is 1. The maximum atomic E-state index is 12.8. The largest absolute Gasteiger partial charge is 0.481 e. The number of hydrogen-bond donors (Lipinski definition) is 1. The van der Waals surface area contributed by atoms with Crippen LogP contribution in [0, 0.1) is 5.82 Å². The minimum absolute atomic E-state index is 0.279. The zero-order valence-electron chi connectivity index (χ0n) is 10.4. The third kappa shape index (κ3) is 3.43. The summed E-state index contributed by atoms with van der Waals surface area (Å²) in [7, 11) is 0. The average molecular weight is 266 g/mol. The van der Waals surface area contributed by atoms with Crippen LogP contribution >= 0.6 is 0 Å². The zero-order chi connectivity index (χ0) is 13.8. The fourth-order valence-electron chi connectivity index (χ4n) is 2.11. The minimum Gasteiger partial charge on any atom is -0.481 e. The molecule has 1 aliphatic heterocycles. The van der Waals surface area contributed by atoms with Crippen LogP contribution in [0.3, 0.4) is 0 Å². The molecule has 0 aliphatic carbocycles. The van der Waals surface area contributed by atoms with Gasteiger partial charge >= 0.3 is 5.97 Å². The van der Waals surface area contributed by atoms with E-state index in [1.807, 2.05) is 4.90 Å². The quantitative estimate of drug-likeness (QED) is 0.827. The summed E-state index contributed by atoms with van der Waals surface area (Å²) < 4.78 is 12.8. The highest BCUT2D eigenvalue weighted by Gasteiger charge is 2.22. The van der Waals surface area contributed by atoms with Crippen LogP contribution in [-0.4, -0.2) is 48.1 Å². The van der Waals surface area contributed by atoms with Crippen molar-refractivity contribution in [2.24, 2.45) is 0 Å². The van der Waals surface area contributed by atoms with E-state index < -0.39 is 12.4 Å². The molecule has 0 saturated carbocycles. The Morgan fingerprint density at radius 3 is 2.21 bits per heavy atom. The summed E-state index contributed by atoms with van der Waals surface area (Å²) in [5.74, 6) is -1.74. The number of carboxylic acids is 1. The number of anilines is 1. The molecule has 5 nitrogen and oxygen atoms in total. The van der Waals surface area contributed by atoms with Crippen molar-refractivity contribution in [1.82, 2.24) is 4.90 Å². The molecule has 0 aromatic heterocycles. The normalized spacial score (nSPS) is 15.4. The van der Waals surface area contributed by atoms with Crippen LogP contribution in [0.4, 0.5) is 10.1 Å². The summed E-state index contributed by atoms with van der Waals surface area (Å²) in [6, 6.07) is 6.20. The van der Waals surface area contributed by atoms with Crippen molar-refractivity contribution in [2.45, 2.75) is 6.42 Å². The lowest BCUT2D eigenvalue weighted by Crippen LogP contribution is -2.49. The Balaban J connectivity index is 1.90. The third-order valence-corrected chi connectivity index (χ3v) is 3.13. The second kappa shape index (κ2) is 5.69. The fraction of sp³-hybridized carbons (Fsp3) is 0.385. The topological polar surface area (TPSA) is 60.9 Å². The number of benzene rings is 1. The van der Waals surface area contributed by atoms with Crippen molar-refractivity contribution in [3.05, 3.63) is 30.1 Å². The van der Waals surface area contributed by atoms with Gasteiger partial charge in [0.05, 0.1) is 0 Å². The predicted octanol–water partition coefficient (Wildman–Crippen LogP) is 0.949. The molecular weight excluding hydrogens is 251 g/mol. The Bertz CT molecular complexity index is 467. The smallest absolute Gasteiger partial charge is 0.312 e. The Labute approximate surface area is 110 Å². The van der Waals surface area contributed by atoms with E-state index in [9.17, 15) is 14.0 Å². The van der Waals surface area contributed by atoms with Crippen LogP contribution in [0.15, 0.2) is 24.3 Å². The third-order valence-electron chi connectivity index (χ3n) is 3.13. The van der Waals surface area contributed by atoms with Crippen molar-refractivity contribution in [2.75, 3.05) is 31.1 Å². The molecule has 1 heterocycles. The molecule has 0 atom stereocenters. The Morgan fingerprint density at radius 1 is 1.11 bits per heavy atom. The van der Waals surface area contributed by atoms with Crippen LogP contribution in [0.25, 0.3) is 0 Å². The van der Waals surface area contributed by atoms with Gasteiger partial charge in [-0.15, -0.1) is 0 Å². The SMILES string of the molecule is O=C(O)CC(=O)N1CCN(c2ccc(F)cc2)CC1. The van der Waals surface area contributed by atoms with E-state index >= 15 is 0 Å². The van der Waals surface area contributed by atoms with E-state index in [0.29, 0.717) is 26.2 Å². The van der Waals surface area contributed by atoms with Crippen LogP contribution in [-0.2, 0) is 9.59 Å². The number of rotatable bonds is 3. The number of aliphatic carboxylic acids is 1. The van der Waals surface area contributed by atoms with E-state index in [4.69, 9.17) is 5.11 Å². The van der Waals surface area contributed by atoms with Gasteiger partial charge in [0.25, 0.3) is 0 Å². The summed E-state index contributed by atoms with van der Waals surface area (Å²) >= 11 is 0. The van der Waals surface area contributed by atoms with Crippen molar-refractivity contribution in [3.63, 3.8) is 0 Å². The summed E-state index contributed by atoms with van der Waals surface area (Å²) in [5, 5.41) is 8.58. The summed E-state index contributed by atoms with van der Waals surface area (Å²) in [6.07, 6.45) is -0.462. The molecule has 0 radical (unpaired) electrons. The van der Waals surface area contributed by atoms with E-state index in [1.165, 1.54) is 12.1 Å². The van der Waals surface area contributed by atoms with Crippen LogP contribution in [0.5, 0.6) is 0 Å². The first-order valence-corrected chi connectivity index (χ1v) is 6.06. The Kier molecular flexibility index (Phi) is 3.99. The van der Waals surface area contributed by atoms with E-state index in [-0.39, 0.29) is 11.7 Å². The van der Waals surface area contributed by atoms with Gasteiger partial charge in [0.15, 0.2) is 0 Å². The predicted molar refractivity (Wildman–Crippen MR) is 67.4 cm³/mol. The molecule has 1 aliphatic rings. The summed E-state index contributed by atoms with van der Waals surface area (Å²) in [5.41, 5.74) is 0.909. The Hall–Kier alpha value is -2.11. The fourth-order valence-corrected chi connectivity index (χ4v) is 2.11. The molecular formula is C13H15FN2O3. The minimum atomic E-state index is -1.11. The Morgan fingerprint density at radius 2 is 1.68 bits per heavy atom. The molecule has 1 N–H and O–H groups in total. The molecule has 0 unspecified atom stereocenters. The van der Waals surface area contributed by atoms with E-state index in [2.05, 4.69) is 0 Å². The first kappa shape index (κ1) is 13.3. The van der Waals surface area contributed by atoms with Gasteiger partial charge < -0.3 is 14.9 Å². The van der Waals surface area contributed by atoms with Crippen LogP contribution in [0.1, 0.15) is 6.42 Å². The van der Waals surface area contributed by atoms with Gasteiger partial charge in [-0.2, -0.15) is 0 Å². The molecule has 2 rings (SSSR count). The lowest BCUT2D eigenvalue weighted by Gasteiger charge is -2.36. The number of hydrogen-bond acceptors (Lipinski definition) is 3. The second-order valence-electron chi connectivity index (χ2n) is 4.41. The second-order valence-corrected chi connectivity index (χ2v) is 4.41. The van der Waals surface area contributed by atoms with E-state index in [1.54, 1.807) is 17.0 Å². The van der Waals surface area contributed by atoms with Gasteiger partial charge in [0.2, 0.25) is 5.91 Å². The lowest BCUT2D eigenvalue weighted by atomic mass is 10.2. The van der Waals surface area contributed by atoms with Gasteiger partial charge in [-0.25, -0.2) is 4.39 Å². The average Bonchev–Trinajstić information content (AvgIpc) is 2.39. The van der Waals surface area contributed by atoms with Gasteiger partial charge in [0, 0.05) is 31.9 Å². The molecule has 1 saturated heterocycles.